The van der Waals surface area contributed by atoms with Crippen LogP contribution in [0.4, 0.5) is 0 Å². The second-order valence-electron chi connectivity index (χ2n) is 5.04. The second-order valence-corrected chi connectivity index (χ2v) is 6.31. The van der Waals surface area contributed by atoms with Gasteiger partial charge >= 0.3 is 5.97 Å². The van der Waals surface area contributed by atoms with Gasteiger partial charge in [-0.2, -0.15) is 0 Å². The molecule has 1 aliphatic rings. The number of nitrogens with zero attached hydrogens (tertiary/aromatic N) is 1. The minimum Gasteiger partial charge on any atom is -0.481 e. The molecule has 1 N–H and O–H groups in total. The first-order valence-corrected chi connectivity index (χ1v) is 7.54. The minimum atomic E-state index is -0.830. The molecule has 1 aliphatic heterocycles. The van der Waals surface area contributed by atoms with Crippen molar-refractivity contribution in [3.05, 3.63) is 33.3 Å². The molecule has 0 aliphatic carbocycles. The van der Waals surface area contributed by atoms with Gasteiger partial charge in [-0.25, -0.2) is 0 Å². The summed E-state index contributed by atoms with van der Waals surface area (Å²) in [5, 5.41) is 9.82. The van der Waals surface area contributed by atoms with E-state index >= 15 is 0 Å². The Hall–Kier alpha value is -1.07. The lowest BCUT2D eigenvalue weighted by atomic mass is 9.84. The maximum Gasteiger partial charge on any atom is 0.311 e. The second kappa shape index (κ2) is 5.74. The lowest BCUT2D eigenvalue weighted by Crippen LogP contribution is -2.36. The molecular weight excluding hydrogens is 346 g/mol. The van der Waals surface area contributed by atoms with Gasteiger partial charge in [0.2, 0.25) is 0 Å². The summed E-state index contributed by atoms with van der Waals surface area (Å²) in [5.41, 5.74) is -0.329. The van der Waals surface area contributed by atoms with Crippen LogP contribution in [0, 0.1) is 5.41 Å². The Labute approximate surface area is 130 Å². The van der Waals surface area contributed by atoms with Crippen molar-refractivity contribution in [1.29, 1.82) is 0 Å². The van der Waals surface area contributed by atoms with Crippen molar-refractivity contribution in [3.8, 4) is 0 Å². The Morgan fingerprint density at radius 3 is 2.70 bits per heavy atom. The van der Waals surface area contributed by atoms with Crippen LogP contribution < -0.4 is 0 Å². The topological polar surface area (TPSA) is 57.6 Å². The van der Waals surface area contributed by atoms with Gasteiger partial charge < -0.3 is 10.0 Å². The molecule has 108 valence electrons. The zero-order valence-corrected chi connectivity index (χ0v) is 13.4. The van der Waals surface area contributed by atoms with Crippen LogP contribution in [0.5, 0.6) is 0 Å². The number of carboxylic acids is 1. The first kappa shape index (κ1) is 15.3. The highest BCUT2D eigenvalue weighted by Crippen LogP contribution is 2.35. The van der Waals surface area contributed by atoms with Crippen LogP contribution in [0.15, 0.2) is 22.7 Å². The van der Waals surface area contributed by atoms with Crippen LogP contribution in [0.2, 0.25) is 5.02 Å². The van der Waals surface area contributed by atoms with E-state index in [0.29, 0.717) is 30.0 Å². The number of carboxylic acid groups (broad SMARTS) is 1. The molecule has 1 atom stereocenters. The van der Waals surface area contributed by atoms with Gasteiger partial charge in [-0.3, -0.25) is 9.59 Å². The van der Waals surface area contributed by atoms with Gasteiger partial charge in [0.05, 0.1) is 10.4 Å². The van der Waals surface area contributed by atoms with E-state index in [-0.39, 0.29) is 12.5 Å². The zero-order chi connectivity index (χ0) is 14.9. The third-order valence-electron chi connectivity index (χ3n) is 3.94. The molecule has 0 aromatic heterocycles. The molecule has 0 saturated carbocycles. The number of carbonyl (C=O) groups excluding carboxylic acids is 1. The van der Waals surface area contributed by atoms with Crippen molar-refractivity contribution in [2.45, 2.75) is 19.8 Å². The van der Waals surface area contributed by atoms with Crippen molar-refractivity contribution in [2.24, 2.45) is 5.41 Å². The number of benzene rings is 1. The Balaban J connectivity index is 2.19. The van der Waals surface area contributed by atoms with Crippen LogP contribution in [0.25, 0.3) is 0 Å². The first-order valence-electron chi connectivity index (χ1n) is 6.37. The summed E-state index contributed by atoms with van der Waals surface area (Å²) in [7, 11) is 0. The predicted molar refractivity (Wildman–Crippen MR) is 80.0 cm³/mol. The van der Waals surface area contributed by atoms with Crippen molar-refractivity contribution in [3.63, 3.8) is 0 Å². The molecule has 1 aromatic carbocycles. The lowest BCUT2D eigenvalue weighted by Gasteiger charge is -2.23. The van der Waals surface area contributed by atoms with Crippen LogP contribution in [0.1, 0.15) is 30.1 Å². The van der Waals surface area contributed by atoms with Gasteiger partial charge in [-0.1, -0.05) is 18.5 Å². The van der Waals surface area contributed by atoms with Crippen molar-refractivity contribution < 1.29 is 14.7 Å². The molecule has 1 saturated heterocycles. The van der Waals surface area contributed by atoms with E-state index in [1.54, 1.807) is 23.1 Å². The van der Waals surface area contributed by atoms with E-state index in [4.69, 9.17) is 11.6 Å². The summed E-state index contributed by atoms with van der Waals surface area (Å²) in [6.07, 6.45) is 1.02. The minimum absolute atomic E-state index is 0.170. The number of amides is 1. The van der Waals surface area contributed by atoms with E-state index in [1.165, 1.54) is 0 Å². The van der Waals surface area contributed by atoms with Crippen LogP contribution in [0.3, 0.4) is 0 Å². The van der Waals surface area contributed by atoms with E-state index in [2.05, 4.69) is 15.9 Å². The highest BCUT2D eigenvalue weighted by atomic mass is 79.9. The predicted octanol–water partition coefficient (Wildman–Crippen LogP) is 3.43. The summed E-state index contributed by atoms with van der Waals surface area (Å²) < 4.78 is 0.727. The molecule has 1 fully saturated rings. The van der Waals surface area contributed by atoms with Crippen LogP contribution in [-0.4, -0.2) is 35.0 Å². The fourth-order valence-electron chi connectivity index (χ4n) is 2.47. The number of halogens is 2. The molecule has 0 radical (unpaired) electrons. The Morgan fingerprint density at radius 1 is 1.50 bits per heavy atom. The number of aliphatic carboxylic acids is 1. The molecule has 6 heteroatoms. The van der Waals surface area contributed by atoms with E-state index < -0.39 is 11.4 Å². The average Bonchev–Trinajstić information content (AvgIpc) is 2.87. The molecule has 1 aromatic rings. The van der Waals surface area contributed by atoms with Gasteiger partial charge in [0.1, 0.15) is 0 Å². The number of hydrogen-bond acceptors (Lipinski definition) is 2. The van der Waals surface area contributed by atoms with Crippen molar-refractivity contribution in [2.75, 3.05) is 13.1 Å². The third kappa shape index (κ3) is 2.69. The maximum absolute atomic E-state index is 12.4. The number of carbonyl (C=O) groups is 2. The lowest BCUT2D eigenvalue weighted by molar-refractivity contribution is -0.148. The smallest absolute Gasteiger partial charge is 0.311 e. The Kier molecular flexibility index (Phi) is 4.39. The molecule has 1 unspecified atom stereocenters. The summed E-state index contributed by atoms with van der Waals surface area (Å²) >= 11 is 9.26. The molecule has 1 heterocycles. The summed E-state index contributed by atoms with van der Waals surface area (Å²) in [6.45, 7) is 2.57. The molecule has 0 spiro atoms. The standard InChI is InChI=1S/C14H15BrClNO3/c1-2-14(13(19)20)5-6-17(8-14)12(18)9-3-4-10(15)11(16)7-9/h3-4,7H,2,5-6,8H2,1H3,(H,19,20). The maximum atomic E-state index is 12.4. The van der Waals surface area contributed by atoms with Crippen LogP contribution >= 0.6 is 27.5 Å². The quantitative estimate of drug-likeness (QED) is 0.898. The highest BCUT2D eigenvalue weighted by Gasteiger charge is 2.44. The fourth-order valence-corrected chi connectivity index (χ4v) is 2.90. The normalized spacial score (nSPS) is 22.1. The number of hydrogen-bond donors (Lipinski definition) is 1. The third-order valence-corrected chi connectivity index (χ3v) is 5.17. The summed E-state index contributed by atoms with van der Waals surface area (Å²) in [5.74, 6) is -1.000. The van der Waals surface area contributed by atoms with Gasteiger partial charge in [0.15, 0.2) is 0 Å². The fraction of sp³-hybridized carbons (Fsp3) is 0.429. The molecule has 1 amide bonds. The van der Waals surface area contributed by atoms with Gasteiger partial charge in [0.25, 0.3) is 5.91 Å². The van der Waals surface area contributed by atoms with E-state index in [0.717, 1.165) is 4.47 Å². The van der Waals surface area contributed by atoms with Crippen molar-refractivity contribution >= 4 is 39.4 Å². The molecular formula is C14H15BrClNO3. The molecule has 0 bridgehead atoms. The monoisotopic (exact) mass is 359 g/mol. The Morgan fingerprint density at radius 2 is 2.20 bits per heavy atom. The van der Waals surface area contributed by atoms with Gasteiger partial charge in [-0.05, 0) is 47.0 Å². The van der Waals surface area contributed by atoms with Gasteiger partial charge in [0, 0.05) is 23.1 Å². The van der Waals surface area contributed by atoms with Crippen LogP contribution in [-0.2, 0) is 4.79 Å². The SMILES string of the molecule is CCC1(C(=O)O)CCN(C(=O)c2ccc(Br)c(Cl)c2)C1. The first-order chi connectivity index (χ1) is 9.39. The largest absolute Gasteiger partial charge is 0.481 e. The number of rotatable bonds is 3. The van der Waals surface area contributed by atoms with Crippen molar-refractivity contribution in [1.82, 2.24) is 4.90 Å². The molecule has 20 heavy (non-hydrogen) atoms. The summed E-state index contributed by atoms with van der Waals surface area (Å²) in [4.78, 5) is 25.4. The number of likely N-dealkylation sites (tertiary alicyclic amines) is 1. The van der Waals surface area contributed by atoms with Gasteiger partial charge in [-0.15, -0.1) is 0 Å². The highest BCUT2D eigenvalue weighted by molar-refractivity contribution is 9.10. The van der Waals surface area contributed by atoms with E-state index in [9.17, 15) is 14.7 Å². The molecule has 4 nitrogen and oxygen atoms in total. The van der Waals surface area contributed by atoms with E-state index in [1.807, 2.05) is 6.92 Å². The average molecular weight is 361 g/mol. The Bertz CT molecular complexity index is 563. The molecule has 2 rings (SSSR count). The summed E-state index contributed by atoms with van der Waals surface area (Å²) in [6, 6.07) is 5.00. The zero-order valence-electron chi connectivity index (χ0n) is 11.0.